The number of carbonyl (C=O) groups excluding carboxylic acids is 1. The molecule has 3 nitrogen and oxygen atoms in total. The molecule has 2 atom stereocenters. The Morgan fingerprint density at radius 1 is 1.47 bits per heavy atom. The molecule has 0 radical (unpaired) electrons. The monoisotopic (exact) mass is 210 g/mol. The molecule has 0 fully saturated rings. The molecule has 0 heterocycles. The summed E-state index contributed by atoms with van der Waals surface area (Å²) in [6.07, 6.45) is 8.20. The SMILES string of the molecule is C#CC(CCC)NCC(=O)NC(C)CC. The molecule has 0 rings (SSSR count). The van der Waals surface area contributed by atoms with Crippen LogP contribution in [0, 0.1) is 12.3 Å². The van der Waals surface area contributed by atoms with Crippen LogP contribution >= 0.6 is 0 Å². The molecule has 0 aromatic heterocycles. The third-order valence-electron chi connectivity index (χ3n) is 2.31. The van der Waals surface area contributed by atoms with Gasteiger partial charge in [0.25, 0.3) is 0 Å². The van der Waals surface area contributed by atoms with E-state index in [0.29, 0.717) is 6.54 Å². The summed E-state index contributed by atoms with van der Waals surface area (Å²) in [6.45, 7) is 6.41. The van der Waals surface area contributed by atoms with Gasteiger partial charge in [0.2, 0.25) is 5.91 Å². The van der Waals surface area contributed by atoms with E-state index in [1.165, 1.54) is 0 Å². The zero-order valence-electron chi connectivity index (χ0n) is 9.97. The van der Waals surface area contributed by atoms with Crippen molar-refractivity contribution in [3.8, 4) is 12.3 Å². The normalized spacial score (nSPS) is 14.0. The number of hydrogen-bond acceptors (Lipinski definition) is 2. The topological polar surface area (TPSA) is 41.1 Å². The van der Waals surface area contributed by atoms with Crippen LogP contribution in [0.25, 0.3) is 0 Å². The molecule has 15 heavy (non-hydrogen) atoms. The Balaban J connectivity index is 3.74. The highest BCUT2D eigenvalue weighted by atomic mass is 16.1. The first-order chi connectivity index (χ1) is 7.13. The van der Waals surface area contributed by atoms with E-state index < -0.39 is 0 Å². The zero-order chi connectivity index (χ0) is 11.7. The number of hydrogen-bond donors (Lipinski definition) is 2. The Bertz CT molecular complexity index is 220. The fraction of sp³-hybridized carbons (Fsp3) is 0.750. The summed E-state index contributed by atoms with van der Waals surface area (Å²) in [7, 11) is 0. The maximum Gasteiger partial charge on any atom is 0.234 e. The van der Waals surface area contributed by atoms with E-state index in [-0.39, 0.29) is 18.0 Å². The van der Waals surface area contributed by atoms with Gasteiger partial charge in [-0.1, -0.05) is 26.2 Å². The van der Waals surface area contributed by atoms with Gasteiger partial charge < -0.3 is 5.32 Å². The Morgan fingerprint density at radius 3 is 2.60 bits per heavy atom. The van der Waals surface area contributed by atoms with Crippen molar-refractivity contribution in [1.29, 1.82) is 0 Å². The standard InChI is InChI=1S/C12H22N2O/c1-5-8-11(7-3)13-9-12(15)14-10(4)6-2/h3,10-11,13H,5-6,8-9H2,1-2,4H3,(H,14,15). The maximum atomic E-state index is 11.4. The van der Waals surface area contributed by atoms with E-state index in [2.05, 4.69) is 23.5 Å². The average Bonchev–Trinajstić information content (AvgIpc) is 2.23. The second kappa shape index (κ2) is 8.31. The third kappa shape index (κ3) is 6.98. The van der Waals surface area contributed by atoms with Gasteiger partial charge in [-0.3, -0.25) is 10.1 Å². The van der Waals surface area contributed by atoms with Crippen LogP contribution in [0.1, 0.15) is 40.0 Å². The van der Waals surface area contributed by atoms with Crippen molar-refractivity contribution in [3.63, 3.8) is 0 Å². The number of amides is 1. The van der Waals surface area contributed by atoms with E-state index in [0.717, 1.165) is 19.3 Å². The molecular formula is C12H22N2O. The van der Waals surface area contributed by atoms with Crippen LogP contribution in [0.4, 0.5) is 0 Å². The first-order valence-corrected chi connectivity index (χ1v) is 5.62. The van der Waals surface area contributed by atoms with Crippen molar-refractivity contribution in [2.75, 3.05) is 6.54 Å². The molecule has 0 aliphatic carbocycles. The van der Waals surface area contributed by atoms with Crippen molar-refractivity contribution in [1.82, 2.24) is 10.6 Å². The molecular weight excluding hydrogens is 188 g/mol. The largest absolute Gasteiger partial charge is 0.353 e. The van der Waals surface area contributed by atoms with Crippen LogP contribution in [0.5, 0.6) is 0 Å². The van der Waals surface area contributed by atoms with Gasteiger partial charge in [0.15, 0.2) is 0 Å². The summed E-state index contributed by atoms with van der Waals surface area (Å²) in [5.74, 6) is 2.65. The van der Waals surface area contributed by atoms with Gasteiger partial charge in [-0.2, -0.15) is 0 Å². The van der Waals surface area contributed by atoms with Crippen LogP contribution in [0.15, 0.2) is 0 Å². The molecule has 3 heteroatoms. The van der Waals surface area contributed by atoms with Crippen molar-refractivity contribution < 1.29 is 4.79 Å². The van der Waals surface area contributed by atoms with E-state index in [4.69, 9.17) is 6.42 Å². The second-order valence-corrected chi connectivity index (χ2v) is 3.77. The Hall–Kier alpha value is -1.01. The van der Waals surface area contributed by atoms with Gasteiger partial charge >= 0.3 is 0 Å². The Kier molecular flexibility index (Phi) is 7.75. The van der Waals surface area contributed by atoms with Gasteiger partial charge in [-0.05, 0) is 19.8 Å². The lowest BCUT2D eigenvalue weighted by Crippen LogP contribution is -2.41. The van der Waals surface area contributed by atoms with E-state index >= 15 is 0 Å². The highest BCUT2D eigenvalue weighted by molar-refractivity contribution is 5.78. The van der Waals surface area contributed by atoms with Crippen molar-refractivity contribution in [2.45, 2.75) is 52.1 Å². The number of terminal acetylenes is 1. The van der Waals surface area contributed by atoms with E-state index in [9.17, 15) is 4.79 Å². The smallest absolute Gasteiger partial charge is 0.234 e. The van der Waals surface area contributed by atoms with Gasteiger partial charge in [-0.15, -0.1) is 6.42 Å². The van der Waals surface area contributed by atoms with Crippen molar-refractivity contribution in [2.24, 2.45) is 0 Å². The third-order valence-corrected chi connectivity index (χ3v) is 2.31. The fourth-order valence-electron chi connectivity index (χ4n) is 1.18. The summed E-state index contributed by atoms with van der Waals surface area (Å²) in [5, 5.41) is 5.93. The minimum Gasteiger partial charge on any atom is -0.353 e. The summed E-state index contributed by atoms with van der Waals surface area (Å²) in [6, 6.07) is 0.243. The quantitative estimate of drug-likeness (QED) is 0.622. The van der Waals surface area contributed by atoms with Crippen LogP contribution < -0.4 is 10.6 Å². The minimum atomic E-state index is 0.0117. The highest BCUT2D eigenvalue weighted by Gasteiger charge is 2.08. The lowest BCUT2D eigenvalue weighted by atomic mass is 10.2. The van der Waals surface area contributed by atoms with Gasteiger partial charge in [-0.25, -0.2) is 0 Å². The first kappa shape index (κ1) is 14.0. The molecule has 0 aliphatic heterocycles. The molecule has 0 spiro atoms. The fourth-order valence-corrected chi connectivity index (χ4v) is 1.18. The summed E-state index contributed by atoms with van der Waals surface area (Å²) in [5.41, 5.74) is 0. The summed E-state index contributed by atoms with van der Waals surface area (Å²) < 4.78 is 0. The van der Waals surface area contributed by atoms with Crippen molar-refractivity contribution >= 4 is 5.91 Å². The predicted octanol–water partition coefficient (Wildman–Crippen LogP) is 1.29. The molecule has 0 aliphatic rings. The first-order valence-electron chi connectivity index (χ1n) is 5.62. The lowest BCUT2D eigenvalue weighted by molar-refractivity contribution is -0.120. The summed E-state index contributed by atoms with van der Waals surface area (Å²) >= 11 is 0. The van der Waals surface area contributed by atoms with Crippen LogP contribution in [-0.4, -0.2) is 24.5 Å². The van der Waals surface area contributed by atoms with Gasteiger partial charge in [0.05, 0.1) is 12.6 Å². The van der Waals surface area contributed by atoms with Gasteiger partial charge in [0.1, 0.15) is 0 Å². The van der Waals surface area contributed by atoms with Crippen LogP contribution in [0.2, 0.25) is 0 Å². The van der Waals surface area contributed by atoms with Gasteiger partial charge in [0, 0.05) is 6.04 Å². The second-order valence-electron chi connectivity index (χ2n) is 3.77. The molecule has 0 bridgehead atoms. The average molecular weight is 210 g/mol. The lowest BCUT2D eigenvalue weighted by Gasteiger charge is -2.14. The number of nitrogens with one attached hydrogen (secondary N) is 2. The Labute approximate surface area is 93.0 Å². The zero-order valence-corrected chi connectivity index (χ0v) is 9.97. The van der Waals surface area contributed by atoms with Crippen LogP contribution in [-0.2, 0) is 4.79 Å². The van der Waals surface area contributed by atoms with Crippen LogP contribution in [0.3, 0.4) is 0 Å². The van der Waals surface area contributed by atoms with E-state index in [1.807, 2.05) is 13.8 Å². The molecule has 2 N–H and O–H groups in total. The summed E-state index contributed by atoms with van der Waals surface area (Å²) in [4.78, 5) is 11.4. The molecule has 0 saturated carbocycles. The molecule has 0 aromatic rings. The molecule has 86 valence electrons. The maximum absolute atomic E-state index is 11.4. The highest BCUT2D eigenvalue weighted by Crippen LogP contribution is 1.94. The molecule has 1 amide bonds. The van der Waals surface area contributed by atoms with E-state index in [1.54, 1.807) is 0 Å². The molecule has 2 unspecified atom stereocenters. The Morgan fingerprint density at radius 2 is 2.13 bits per heavy atom. The van der Waals surface area contributed by atoms with Crippen molar-refractivity contribution in [3.05, 3.63) is 0 Å². The molecule has 0 aromatic carbocycles. The number of rotatable bonds is 7. The predicted molar refractivity (Wildman–Crippen MR) is 63.4 cm³/mol. The molecule has 0 saturated heterocycles. The minimum absolute atomic E-state index is 0.0117. The number of carbonyl (C=O) groups is 1.